The Morgan fingerprint density at radius 3 is 2.38 bits per heavy atom. The third-order valence-electron chi connectivity index (χ3n) is 4.27. The number of ether oxygens (including phenoxy) is 3. The second-order valence-electron chi connectivity index (χ2n) is 7.47. The fourth-order valence-corrected chi connectivity index (χ4v) is 2.99. The van der Waals surface area contributed by atoms with Gasteiger partial charge in [-0.2, -0.15) is 0 Å². The molecule has 1 N–H and O–H groups in total. The Morgan fingerprint density at radius 1 is 1.12 bits per heavy atom. The lowest BCUT2D eigenvalue weighted by Gasteiger charge is -2.35. The van der Waals surface area contributed by atoms with Crippen LogP contribution in [-0.2, 0) is 4.74 Å². The molecule has 1 aliphatic rings. The number of rotatable bonds is 7. The average molecular weight is 336 g/mol. The zero-order valence-corrected chi connectivity index (χ0v) is 15.7. The van der Waals surface area contributed by atoms with Crippen molar-refractivity contribution in [3.05, 3.63) is 23.8 Å². The molecular formula is C19H32N2O3. The Balaban J connectivity index is 2.17. The summed E-state index contributed by atoms with van der Waals surface area (Å²) in [6, 6.07) is 6.53. The first-order chi connectivity index (χ1) is 11.4. The van der Waals surface area contributed by atoms with Crippen LogP contribution >= 0.6 is 0 Å². The van der Waals surface area contributed by atoms with Gasteiger partial charge in [-0.1, -0.05) is 26.8 Å². The Bertz CT molecular complexity index is 508. The Kier molecular flexibility index (Phi) is 6.90. The summed E-state index contributed by atoms with van der Waals surface area (Å²) in [4.78, 5) is 2.49. The summed E-state index contributed by atoms with van der Waals surface area (Å²) in [6.07, 6.45) is 0. The molecule has 24 heavy (non-hydrogen) atoms. The molecule has 1 saturated heterocycles. The predicted octanol–water partition coefficient (Wildman–Crippen LogP) is 2.71. The van der Waals surface area contributed by atoms with E-state index in [0.717, 1.165) is 50.9 Å². The summed E-state index contributed by atoms with van der Waals surface area (Å²) >= 11 is 0. The maximum Gasteiger partial charge on any atom is 0.161 e. The summed E-state index contributed by atoms with van der Waals surface area (Å²) in [5, 5.41) is 3.63. The molecule has 1 atom stereocenters. The van der Waals surface area contributed by atoms with Crippen LogP contribution in [0.4, 0.5) is 0 Å². The molecule has 0 amide bonds. The average Bonchev–Trinajstić information content (AvgIpc) is 2.58. The molecule has 1 unspecified atom stereocenters. The van der Waals surface area contributed by atoms with Gasteiger partial charge in [0.2, 0.25) is 0 Å². The lowest BCUT2D eigenvalue weighted by molar-refractivity contribution is 0.0157. The highest BCUT2D eigenvalue weighted by atomic mass is 16.5. The van der Waals surface area contributed by atoms with Crippen molar-refractivity contribution in [2.24, 2.45) is 5.41 Å². The maximum absolute atomic E-state index is 5.52. The Labute approximate surface area is 146 Å². The van der Waals surface area contributed by atoms with Crippen LogP contribution in [0.5, 0.6) is 11.5 Å². The highest BCUT2D eigenvalue weighted by Crippen LogP contribution is 2.32. The van der Waals surface area contributed by atoms with Crippen LogP contribution in [0, 0.1) is 5.41 Å². The van der Waals surface area contributed by atoms with E-state index in [1.807, 2.05) is 6.07 Å². The van der Waals surface area contributed by atoms with Gasteiger partial charge in [-0.25, -0.2) is 0 Å². The molecule has 0 saturated carbocycles. The Morgan fingerprint density at radius 2 is 1.79 bits per heavy atom. The van der Waals surface area contributed by atoms with E-state index in [2.05, 4.69) is 43.1 Å². The molecule has 136 valence electrons. The van der Waals surface area contributed by atoms with Gasteiger partial charge in [-0.3, -0.25) is 4.90 Å². The number of morpholine rings is 1. The van der Waals surface area contributed by atoms with E-state index in [4.69, 9.17) is 14.2 Å². The first kappa shape index (κ1) is 19.0. The molecule has 0 radical (unpaired) electrons. The summed E-state index contributed by atoms with van der Waals surface area (Å²) in [5.74, 6) is 1.55. The summed E-state index contributed by atoms with van der Waals surface area (Å²) in [7, 11) is 3.35. The minimum absolute atomic E-state index is 0.271. The lowest BCUT2D eigenvalue weighted by Crippen LogP contribution is -2.43. The van der Waals surface area contributed by atoms with Crippen molar-refractivity contribution >= 4 is 0 Å². The quantitative estimate of drug-likeness (QED) is 0.829. The predicted molar refractivity (Wildman–Crippen MR) is 97.0 cm³/mol. The molecule has 1 fully saturated rings. The van der Waals surface area contributed by atoms with Gasteiger partial charge in [0.05, 0.1) is 27.4 Å². The summed E-state index contributed by atoms with van der Waals surface area (Å²) < 4.78 is 16.4. The molecule has 1 heterocycles. The van der Waals surface area contributed by atoms with E-state index in [1.165, 1.54) is 5.56 Å². The van der Waals surface area contributed by atoms with Crippen molar-refractivity contribution in [1.82, 2.24) is 10.2 Å². The minimum atomic E-state index is 0.271. The smallest absolute Gasteiger partial charge is 0.161 e. The van der Waals surface area contributed by atoms with Gasteiger partial charge in [-0.15, -0.1) is 0 Å². The number of nitrogens with one attached hydrogen (secondary N) is 1. The number of methoxy groups -OCH3 is 2. The molecular weight excluding hydrogens is 304 g/mol. The molecule has 0 spiro atoms. The van der Waals surface area contributed by atoms with Crippen LogP contribution in [-0.4, -0.2) is 58.5 Å². The lowest BCUT2D eigenvalue weighted by atomic mass is 9.96. The van der Waals surface area contributed by atoms with Crippen molar-refractivity contribution in [3.63, 3.8) is 0 Å². The normalized spacial score (nSPS) is 17.5. The van der Waals surface area contributed by atoms with E-state index in [0.29, 0.717) is 6.04 Å². The molecule has 5 heteroatoms. The van der Waals surface area contributed by atoms with Gasteiger partial charge in [0.25, 0.3) is 0 Å². The summed E-state index contributed by atoms with van der Waals surface area (Å²) in [6.45, 7) is 12.1. The van der Waals surface area contributed by atoms with Gasteiger partial charge in [0, 0.05) is 32.2 Å². The third-order valence-corrected chi connectivity index (χ3v) is 4.27. The molecule has 5 nitrogen and oxygen atoms in total. The monoisotopic (exact) mass is 336 g/mol. The number of hydrogen-bond donors (Lipinski definition) is 1. The van der Waals surface area contributed by atoms with Gasteiger partial charge in [0.1, 0.15) is 0 Å². The number of nitrogens with zero attached hydrogens (tertiary/aromatic N) is 1. The van der Waals surface area contributed by atoms with Gasteiger partial charge < -0.3 is 19.5 Å². The topological polar surface area (TPSA) is 43.0 Å². The van der Waals surface area contributed by atoms with Crippen LogP contribution < -0.4 is 14.8 Å². The fraction of sp³-hybridized carbons (Fsp3) is 0.684. The van der Waals surface area contributed by atoms with E-state index >= 15 is 0 Å². The zero-order chi connectivity index (χ0) is 17.6. The van der Waals surface area contributed by atoms with Gasteiger partial charge in [-0.05, 0) is 23.1 Å². The van der Waals surface area contributed by atoms with E-state index in [1.54, 1.807) is 14.2 Å². The van der Waals surface area contributed by atoms with E-state index < -0.39 is 0 Å². The van der Waals surface area contributed by atoms with Gasteiger partial charge in [0.15, 0.2) is 11.5 Å². The van der Waals surface area contributed by atoms with Crippen molar-refractivity contribution in [1.29, 1.82) is 0 Å². The Hall–Kier alpha value is -1.30. The highest BCUT2D eigenvalue weighted by molar-refractivity contribution is 5.44. The van der Waals surface area contributed by atoms with Crippen LogP contribution in [0.15, 0.2) is 18.2 Å². The minimum Gasteiger partial charge on any atom is -0.493 e. The van der Waals surface area contributed by atoms with Crippen LogP contribution in [0.1, 0.15) is 32.4 Å². The van der Waals surface area contributed by atoms with Crippen molar-refractivity contribution < 1.29 is 14.2 Å². The zero-order valence-electron chi connectivity index (χ0n) is 15.7. The maximum atomic E-state index is 5.52. The third kappa shape index (κ3) is 5.36. The number of hydrogen-bond acceptors (Lipinski definition) is 5. The summed E-state index contributed by atoms with van der Waals surface area (Å²) in [5.41, 5.74) is 1.52. The largest absolute Gasteiger partial charge is 0.493 e. The second-order valence-corrected chi connectivity index (χ2v) is 7.47. The molecule has 1 aromatic rings. The molecule has 0 aromatic heterocycles. The first-order valence-corrected chi connectivity index (χ1v) is 8.69. The van der Waals surface area contributed by atoms with Gasteiger partial charge >= 0.3 is 0 Å². The molecule has 0 aliphatic carbocycles. The van der Waals surface area contributed by atoms with Crippen molar-refractivity contribution in [3.8, 4) is 11.5 Å². The number of benzene rings is 1. The standard InChI is InChI=1S/C19H32N2O3/c1-19(2,3)14-20-13-16(21-8-10-24-11-9-21)15-6-7-17(22-4)18(12-15)23-5/h6-7,12,16,20H,8-11,13-14H2,1-5H3. The second kappa shape index (κ2) is 8.70. The van der Waals surface area contributed by atoms with Crippen LogP contribution in [0.3, 0.4) is 0 Å². The molecule has 2 rings (SSSR count). The molecule has 0 bridgehead atoms. The molecule has 1 aromatic carbocycles. The van der Waals surface area contributed by atoms with Crippen LogP contribution in [0.25, 0.3) is 0 Å². The molecule has 1 aliphatic heterocycles. The SMILES string of the molecule is COc1ccc(C(CNCC(C)(C)C)N2CCOCC2)cc1OC. The van der Waals surface area contributed by atoms with E-state index in [9.17, 15) is 0 Å². The highest BCUT2D eigenvalue weighted by Gasteiger charge is 2.24. The van der Waals surface area contributed by atoms with Crippen LogP contribution in [0.2, 0.25) is 0 Å². The van der Waals surface area contributed by atoms with E-state index in [-0.39, 0.29) is 5.41 Å². The fourth-order valence-electron chi connectivity index (χ4n) is 2.99. The van der Waals surface area contributed by atoms with Crippen molar-refractivity contribution in [2.75, 3.05) is 53.6 Å². The van der Waals surface area contributed by atoms with Crippen molar-refractivity contribution in [2.45, 2.75) is 26.8 Å². The first-order valence-electron chi connectivity index (χ1n) is 8.69.